The van der Waals surface area contributed by atoms with Crippen LogP contribution in [0, 0.1) is 0 Å². The summed E-state index contributed by atoms with van der Waals surface area (Å²) in [5.74, 6) is 0.0322. The first kappa shape index (κ1) is 18.1. The Hall–Kier alpha value is -2.66. The molecule has 0 aliphatic carbocycles. The predicted octanol–water partition coefficient (Wildman–Crippen LogP) is 2.21. The van der Waals surface area contributed by atoms with Crippen molar-refractivity contribution in [3.8, 4) is 0 Å². The normalized spacial score (nSPS) is 15.9. The van der Waals surface area contributed by atoms with E-state index in [0.717, 1.165) is 12.0 Å². The van der Waals surface area contributed by atoms with Crippen LogP contribution in [0.25, 0.3) is 0 Å². The summed E-state index contributed by atoms with van der Waals surface area (Å²) < 4.78 is 0. The van der Waals surface area contributed by atoms with E-state index in [4.69, 9.17) is 0 Å². The van der Waals surface area contributed by atoms with Crippen LogP contribution in [0.5, 0.6) is 0 Å². The minimum atomic E-state index is -0.0910. The highest BCUT2D eigenvalue weighted by Gasteiger charge is 2.28. The molecule has 3 rings (SSSR count). The van der Waals surface area contributed by atoms with Crippen LogP contribution in [0.1, 0.15) is 24.1 Å². The van der Waals surface area contributed by atoms with Gasteiger partial charge in [-0.3, -0.25) is 14.5 Å². The number of nitrogens with zero attached hydrogens (tertiary/aromatic N) is 2. The van der Waals surface area contributed by atoms with Crippen molar-refractivity contribution in [1.82, 2.24) is 15.1 Å². The SMILES string of the molecule is CCN1CN(CC(=O)NC(Cc2ccccc2)c2ccccc2)CC1=O. The van der Waals surface area contributed by atoms with Gasteiger partial charge in [0.15, 0.2) is 0 Å². The molecule has 1 unspecified atom stereocenters. The first-order chi connectivity index (χ1) is 12.7. The smallest absolute Gasteiger partial charge is 0.237 e. The molecule has 0 spiro atoms. The number of nitrogens with one attached hydrogen (secondary N) is 1. The van der Waals surface area contributed by atoms with Crippen molar-refractivity contribution in [2.75, 3.05) is 26.3 Å². The number of likely N-dealkylation sites (N-methyl/N-ethyl adjacent to an activating group) is 1. The molecule has 0 radical (unpaired) electrons. The number of hydrogen-bond acceptors (Lipinski definition) is 3. The van der Waals surface area contributed by atoms with E-state index in [-0.39, 0.29) is 24.4 Å². The largest absolute Gasteiger partial charge is 0.348 e. The van der Waals surface area contributed by atoms with E-state index in [9.17, 15) is 9.59 Å². The number of hydrogen-bond donors (Lipinski definition) is 1. The Kier molecular flexibility index (Phi) is 6.02. The Morgan fingerprint density at radius 3 is 2.35 bits per heavy atom. The van der Waals surface area contributed by atoms with E-state index in [2.05, 4.69) is 17.4 Å². The number of rotatable bonds is 7. The minimum absolute atomic E-state index is 0.0551. The molecule has 5 heteroatoms. The average Bonchev–Trinajstić information content (AvgIpc) is 3.02. The molecule has 1 saturated heterocycles. The molecule has 1 aliphatic heterocycles. The molecule has 26 heavy (non-hydrogen) atoms. The first-order valence-corrected chi connectivity index (χ1v) is 9.04. The average molecular weight is 351 g/mol. The highest BCUT2D eigenvalue weighted by molar-refractivity contribution is 5.83. The van der Waals surface area contributed by atoms with E-state index in [1.165, 1.54) is 5.56 Å². The molecule has 0 bridgehead atoms. The van der Waals surface area contributed by atoms with Crippen LogP contribution in [0.4, 0.5) is 0 Å². The Labute approximate surface area is 154 Å². The summed E-state index contributed by atoms with van der Waals surface area (Å²) in [6.45, 7) is 3.71. The molecule has 1 aliphatic rings. The number of carbonyl (C=O) groups is 2. The lowest BCUT2D eigenvalue weighted by atomic mass is 9.99. The zero-order valence-corrected chi connectivity index (χ0v) is 15.1. The molecule has 136 valence electrons. The molecule has 1 fully saturated rings. The van der Waals surface area contributed by atoms with Gasteiger partial charge in [-0.15, -0.1) is 0 Å². The molecule has 1 atom stereocenters. The standard InChI is InChI=1S/C21H25N3O2/c1-2-24-16-23(15-21(24)26)14-20(25)22-19(18-11-7-4-8-12-18)13-17-9-5-3-6-10-17/h3-12,19H,2,13-16H2,1H3,(H,22,25). The fraction of sp³-hybridized carbons (Fsp3) is 0.333. The second-order valence-corrected chi connectivity index (χ2v) is 6.60. The third-order valence-electron chi connectivity index (χ3n) is 4.65. The Morgan fingerprint density at radius 2 is 1.73 bits per heavy atom. The van der Waals surface area contributed by atoms with Gasteiger partial charge in [0.05, 0.1) is 25.8 Å². The molecular weight excluding hydrogens is 326 g/mol. The minimum Gasteiger partial charge on any atom is -0.348 e. The highest BCUT2D eigenvalue weighted by Crippen LogP contribution is 2.18. The molecule has 2 aromatic carbocycles. The second kappa shape index (κ2) is 8.63. The molecule has 1 heterocycles. The quantitative estimate of drug-likeness (QED) is 0.832. The molecule has 0 aromatic heterocycles. The van der Waals surface area contributed by atoms with Crippen molar-refractivity contribution in [3.05, 3.63) is 71.8 Å². The third kappa shape index (κ3) is 4.70. The van der Waals surface area contributed by atoms with Gasteiger partial charge in [0.1, 0.15) is 0 Å². The van der Waals surface area contributed by atoms with Crippen molar-refractivity contribution < 1.29 is 9.59 Å². The number of carbonyl (C=O) groups excluding carboxylic acids is 2. The zero-order valence-electron chi connectivity index (χ0n) is 15.1. The lowest BCUT2D eigenvalue weighted by Gasteiger charge is -2.22. The molecule has 2 amide bonds. The predicted molar refractivity (Wildman–Crippen MR) is 101 cm³/mol. The maximum absolute atomic E-state index is 12.6. The van der Waals surface area contributed by atoms with E-state index < -0.39 is 0 Å². The first-order valence-electron chi connectivity index (χ1n) is 9.04. The van der Waals surface area contributed by atoms with Crippen molar-refractivity contribution >= 4 is 11.8 Å². The zero-order chi connectivity index (χ0) is 18.4. The van der Waals surface area contributed by atoms with Gasteiger partial charge in [-0.2, -0.15) is 0 Å². The summed E-state index contributed by atoms with van der Waals surface area (Å²) in [6, 6.07) is 20.1. The number of benzene rings is 2. The van der Waals surface area contributed by atoms with Gasteiger partial charge >= 0.3 is 0 Å². The fourth-order valence-corrected chi connectivity index (χ4v) is 3.27. The third-order valence-corrected chi connectivity index (χ3v) is 4.65. The van der Waals surface area contributed by atoms with E-state index in [0.29, 0.717) is 19.8 Å². The molecule has 0 saturated carbocycles. The topological polar surface area (TPSA) is 52.6 Å². The Morgan fingerprint density at radius 1 is 1.08 bits per heavy atom. The van der Waals surface area contributed by atoms with Gasteiger partial charge in [0, 0.05) is 6.54 Å². The lowest BCUT2D eigenvalue weighted by Crippen LogP contribution is -2.39. The van der Waals surface area contributed by atoms with Gasteiger partial charge in [-0.05, 0) is 24.5 Å². The highest BCUT2D eigenvalue weighted by atomic mass is 16.2. The maximum atomic E-state index is 12.6. The van der Waals surface area contributed by atoms with Gasteiger partial charge in [-0.25, -0.2) is 0 Å². The molecule has 1 N–H and O–H groups in total. The van der Waals surface area contributed by atoms with Crippen LogP contribution in [0.3, 0.4) is 0 Å². The molecular formula is C21H25N3O2. The van der Waals surface area contributed by atoms with Gasteiger partial charge in [-0.1, -0.05) is 60.7 Å². The van der Waals surface area contributed by atoms with E-state index in [1.807, 2.05) is 60.4 Å². The fourth-order valence-electron chi connectivity index (χ4n) is 3.27. The van der Waals surface area contributed by atoms with Crippen LogP contribution >= 0.6 is 0 Å². The van der Waals surface area contributed by atoms with Crippen LogP contribution < -0.4 is 5.32 Å². The van der Waals surface area contributed by atoms with Gasteiger partial charge < -0.3 is 10.2 Å². The van der Waals surface area contributed by atoms with Crippen LogP contribution in [-0.2, 0) is 16.0 Å². The van der Waals surface area contributed by atoms with E-state index in [1.54, 1.807) is 4.90 Å². The molecule has 5 nitrogen and oxygen atoms in total. The summed E-state index contributed by atoms with van der Waals surface area (Å²) in [5.41, 5.74) is 2.26. The van der Waals surface area contributed by atoms with Crippen LogP contribution in [0.2, 0.25) is 0 Å². The monoisotopic (exact) mass is 351 g/mol. The number of amides is 2. The lowest BCUT2D eigenvalue weighted by molar-refractivity contribution is -0.126. The summed E-state index contributed by atoms with van der Waals surface area (Å²) in [5, 5.41) is 3.15. The van der Waals surface area contributed by atoms with Gasteiger partial charge in [0.25, 0.3) is 0 Å². The summed E-state index contributed by atoms with van der Waals surface area (Å²) in [6.07, 6.45) is 0.733. The van der Waals surface area contributed by atoms with Crippen molar-refractivity contribution in [3.63, 3.8) is 0 Å². The summed E-state index contributed by atoms with van der Waals surface area (Å²) in [4.78, 5) is 28.1. The Balaban J connectivity index is 1.65. The van der Waals surface area contributed by atoms with E-state index >= 15 is 0 Å². The maximum Gasteiger partial charge on any atom is 0.237 e. The van der Waals surface area contributed by atoms with Crippen LogP contribution in [0.15, 0.2) is 60.7 Å². The van der Waals surface area contributed by atoms with Crippen LogP contribution in [-0.4, -0.2) is 47.9 Å². The van der Waals surface area contributed by atoms with Gasteiger partial charge in [0.2, 0.25) is 11.8 Å². The Bertz CT molecular complexity index is 733. The van der Waals surface area contributed by atoms with Crippen molar-refractivity contribution in [2.45, 2.75) is 19.4 Å². The van der Waals surface area contributed by atoms with Crippen molar-refractivity contribution in [1.29, 1.82) is 0 Å². The van der Waals surface area contributed by atoms with Crippen molar-refractivity contribution in [2.24, 2.45) is 0 Å². The summed E-state index contributed by atoms with van der Waals surface area (Å²) >= 11 is 0. The molecule has 2 aromatic rings. The second-order valence-electron chi connectivity index (χ2n) is 6.60. The summed E-state index contributed by atoms with van der Waals surface area (Å²) in [7, 11) is 0.